The minimum atomic E-state index is -0.426. The number of rotatable bonds is 4. The Kier molecular flexibility index (Phi) is 3.56. The van der Waals surface area contributed by atoms with E-state index >= 15 is 0 Å². The zero-order valence-corrected chi connectivity index (χ0v) is 12.8. The predicted octanol–water partition coefficient (Wildman–Crippen LogP) is 2.03. The number of hydrogen-bond donors (Lipinski definition) is 1. The van der Waals surface area contributed by atoms with E-state index in [0.29, 0.717) is 17.4 Å². The molecular formula is C14H9N7O2S. The van der Waals surface area contributed by atoms with Crippen molar-refractivity contribution < 1.29 is 9.32 Å². The average molecular weight is 339 g/mol. The molecule has 1 N–H and O–H groups in total. The van der Waals surface area contributed by atoms with Gasteiger partial charge in [0.05, 0.1) is 4.88 Å². The molecule has 0 radical (unpaired) electrons. The summed E-state index contributed by atoms with van der Waals surface area (Å²) in [7, 11) is 0. The molecule has 4 rings (SSSR count). The van der Waals surface area contributed by atoms with Crippen molar-refractivity contribution in [2.75, 3.05) is 5.32 Å². The van der Waals surface area contributed by atoms with E-state index in [0.717, 1.165) is 4.88 Å². The molecule has 0 fully saturated rings. The summed E-state index contributed by atoms with van der Waals surface area (Å²) in [5.74, 6) is 0.921. The number of nitrogens with zero attached hydrogens (tertiary/aromatic N) is 6. The van der Waals surface area contributed by atoms with Crippen LogP contribution in [0.1, 0.15) is 10.5 Å². The molecule has 10 heteroatoms. The number of anilines is 1. The van der Waals surface area contributed by atoms with Gasteiger partial charge in [0.25, 0.3) is 5.91 Å². The number of hydrogen-bond acceptors (Lipinski definition) is 8. The van der Waals surface area contributed by atoms with Crippen LogP contribution in [0.15, 0.2) is 53.2 Å². The van der Waals surface area contributed by atoms with Gasteiger partial charge in [0.1, 0.15) is 24.8 Å². The second-order valence-corrected chi connectivity index (χ2v) is 5.56. The minimum absolute atomic E-state index is 0.166. The van der Waals surface area contributed by atoms with Crippen LogP contribution in [-0.2, 0) is 0 Å². The lowest BCUT2D eigenvalue weighted by molar-refractivity contribution is 0.101. The molecule has 118 valence electrons. The van der Waals surface area contributed by atoms with Crippen molar-refractivity contribution in [1.29, 1.82) is 0 Å². The molecule has 0 atom stereocenters. The molecule has 0 spiro atoms. The van der Waals surface area contributed by atoms with Gasteiger partial charge in [0.15, 0.2) is 17.3 Å². The maximum atomic E-state index is 12.3. The lowest BCUT2D eigenvalue weighted by Gasteiger charge is -2.03. The van der Waals surface area contributed by atoms with Gasteiger partial charge in [0, 0.05) is 12.1 Å². The van der Waals surface area contributed by atoms with Gasteiger partial charge in [-0.3, -0.25) is 4.79 Å². The van der Waals surface area contributed by atoms with Gasteiger partial charge in [0.2, 0.25) is 0 Å². The van der Waals surface area contributed by atoms with E-state index in [4.69, 9.17) is 4.52 Å². The Hall–Kier alpha value is -3.40. The van der Waals surface area contributed by atoms with Gasteiger partial charge in [-0.1, -0.05) is 11.2 Å². The quantitative estimate of drug-likeness (QED) is 0.605. The van der Waals surface area contributed by atoms with Gasteiger partial charge in [-0.25, -0.2) is 19.6 Å². The predicted molar refractivity (Wildman–Crippen MR) is 84.7 cm³/mol. The summed E-state index contributed by atoms with van der Waals surface area (Å²) in [5, 5.41) is 12.3. The molecule has 0 bridgehead atoms. The third-order valence-corrected chi connectivity index (χ3v) is 3.94. The Bertz CT molecular complexity index is 963. The highest BCUT2D eigenvalue weighted by molar-refractivity contribution is 7.13. The van der Waals surface area contributed by atoms with E-state index in [-0.39, 0.29) is 5.69 Å². The molecule has 4 heterocycles. The Morgan fingerprint density at radius 3 is 3.00 bits per heavy atom. The number of nitrogens with one attached hydrogen (secondary N) is 1. The fourth-order valence-corrected chi connectivity index (χ4v) is 2.64. The maximum Gasteiger partial charge on any atom is 0.279 e. The highest BCUT2D eigenvalue weighted by Gasteiger charge is 2.15. The molecule has 0 saturated heterocycles. The molecule has 0 saturated carbocycles. The summed E-state index contributed by atoms with van der Waals surface area (Å²) in [4.78, 5) is 25.1. The Morgan fingerprint density at radius 1 is 1.25 bits per heavy atom. The summed E-state index contributed by atoms with van der Waals surface area (Å²) in [6, 6.07) is 6.95. The van der Waals surface area contributed by atoms with E-state index in [9.17, 15) is 4.79 Å². The summed E-state index contributed by atoms with van der Waals surface area (Å²) in [5.41, 5.74) is 0.166. The summed E-state index contributed by atoms with van der Waals surface area (Å²) >= 11 is 1.50. The van der Waals surface area contributed by atoms with E-state index in [1.54, 1.807) is 12.1 Å². The highest BCUT2D eigenvalue weighted by Crippen LogP contribution is 2.25. The molecule has 0 aliphatic carbocycles. The summed E-state index contributed by atoms with van der Waals surface area (Å²) in [6.45, 7) is 0. The average Bonchev–Trinajstić information content (AvgIpc) is 3.36. The van der Waals surface area contributed by atoms with Crippen LogP contribution in [0, 0.1) is 0 Å². The van der Waals surface area contributed by atoms with Crippen molar-refractivity contribution in [1.82, 2.24) is 29.9 Å². The number of thiophene rings is 1. The molecule has 9 nitrogen and oxygen atoms in total. The Morgan fingerprint density at radius 2 is 2.21 bits per heavy atom. The van der Waals surface area contributed by atoms with E-state index in [1.807, 2.05) is 17.5 Å². The zero-order valence-electron chi connectivity index (χ0n) is 12.0. The first kappa shape index (κ1) is 14.2. The van der Waals surface area contributed by atoms with Crippen LogP contribution in [0.2, 0.25) is 0 Å². The van der Waals surface area contributed by atoms with Crippen LogP contribution in [0.5, 0.6) is 0 Å². The monoisotopic (exact) mass is 339 g/mol. The normalized spacial score (nSPS) is 10.7. The van der Waals surface area contributed by atoms with Gasteiger partial charge in [-0.2, -0.15) is 5.10 Å². The first-order valence-corrected chi connectivity index (χ1v) is 7.66. The molecule has 4 aromatic heterocycles. The standard InChI is InChI=1S/C14H9N7O2S/c22-14(9-4-10(23-20-9)11-2-1-3-24-11)19-12-5-13(17-7-16-12)21-8-15-6-18-21/h1-8H,(H,16,17,19,22). The second kappa shape index (κ2) is 6.01. The van der Waals surface area contributed by atoms with Crippen molar-refractivity contribution >= 4 is 23.1 Å². The highest BCUT2D eigenvalue weighted by atomic mass is 32.1. The van der Waals surface area contributed by atoms with Gasteiger partial charge in [-0.05, 0) is 11.4 Å². The number of carbonyl (C=O) groups excluding carboxylic acids is 1. The number of amides is 1. The second-order valence-electron chi connectivity index (χ2n) is 4.61. The first-order valence-electron chi connectivity index (χ1n) is 6.78. The van der Waals surface area contributed by atoms with Crippen LogP contribution >= 0.6 is 11.3 Å². The molecular weight excluding hydrogens is 330 g/mol. The largest absolute Gasteiger partial charge is 0.355 e. The molecule has 0 unspecified atom stereocenters. The van der Waals surface area contributed by atoms with Crippen molar-refractivity contribution in [2.24, 2.45) is 0 Å². The van der Waals surface area contributed by atoms with Gasteiger partial charge < -0.3 is 9.84 Å². The van der Waals surface area contributed by atoms with E-state index in [2.05, 4.69) is 30.5 Å². The molecule has 0 aromatic carbocycles. The van der Waals surface area contributed by atoms with Crippen molar-refractivity contribution in [2.45, 2.75) is 0 Å². The Balaban J connectivity index is 1.53. The van der Waals surface area contributed by atoms with Crippen LogP contribution in [-0.4, -0.2) is 35.8 Å². The van der Waals surface area contributed by atoms with Crippen LogP contribution < -0.4 is 5.32 Å². The van der Waals surface area contributed by atoms with Crippen LogP contribution in [0.4, 0.5) is 5.82 Å². The molecule has 0 aliphatic rings. The summed E-state index contributed by atoms with van der Waals surface area (Å²) < 4.78 is 6.66. The first-order chi connectivity index (χ1) is 11.8. The summed E-state index contributed by atoms with van der Waals surface area (Å²) in [6.07, 6.45) is 4.22. The lowest BCUT2D eigenvalue weighted by atomic mass is 10.3. The van der Waals surface area contributed by atoms with Gasteiger partial charge in [-0.15, -0.1) is 11.3 Å². The zero-order chi connectivity index (χ0) is 16.4. The Labute approximate surface area is 139 Å². The minimum Gasteiger partial charge on any atom is -0.355 e. The molecule has 1 amide bonds. The fraction of sp³-hybridized carbons (Fsp3) is 0. The SMILES string of the molecule is O=C(Nc1cc(-n2cncn2)ncn1)c1cc(-c2cccs2)on1. The molecule has 4 aromatic rings. The third-order valence-electron chi connectivity index (χ3n) is 3.05. The number of carbonyl (C=O) groups is 1. The fourth-order valence-electron chi connectivity index (χ4n) is 1.96. The van der Waals surface area contributed by atoms with Crippen LogP contribution in [0.25, 0.3) is 16.5 Å². The van der Waals surface area contributed by atoms with Crippen LogP contribution in [0.3, 0.4) is 0 Å². The van der Waals surface area contributed by atoms with Crippen molar-refractivity contribution in [3.63, 3.8) is 0 Å². The number of aromatic nitrogens is 6. The van der Waals surface area contributed by atoms with E-state index in [1.165, 1.54) is 35.0 Å². The van der Waals surface area contributed by atoms with Crippen molar-refractivity contribution in [3.8, 4) is 16.5 Å². The molecule has 0 aliphatic heterocycles. The molecule has 24 heavy (non-hydrogen) atoms. The van der Waals surface area contributed by atoms with Crippen molar-refractivity contribution in [3.05, 3.63) is 54.3 Å². The third kappa shape index (κ3) is 2.77. The smallest absolute Gasteiger partial charge is 0.279 e. The lowest BCUT2D eigenvalue weighted by Crippen LogP contribution is -2.14. The maximum absolute atomic E-state index is 12.3. The topological polar surface area (TPSA) is 112 Å². The van der Waals surface area contributed by atoms with E-state index < -0.39 is 5.91 Å². The van der Waals surface area contributed by atoms with Gasteiger partial charge >= 0.3 is 0 Å².